The molecule has 1 atom stereocenters. The van der Waals surface area contributed by atoms with Crippen molar-refractivity contribution in [3.05, 3.63) is 23.9 Å². The molecule has 0 saturated carbocycles. The van der Waals surface area contributed by atoms with Crippen molar-refractivity contribution in [2.45, 2.75) is 32.2 Å². The minimum atomic E-state index is -0.0592. The van der Waals surface area contributed by atoms with Gasteiger partial charge in [-0.15, -0.1) is 0 Å². The molecule has 1 aromatic rings. The molecule has 1 aromatic heterocycles. The number of carbonyl (C=O) groups is 1. The fourth-order valence-corrected chi connectivity index (χ4v) is 1.89. The third-order valence-electron chi connectivity index (χ3n) is 2.79. The molecule has 1 unspecified atom stereocenters. The maximum atomic E-state index is 11.9. The number of nitrogens with one attached hydrogen (secondary N) is 2. The topological polar surface area (TPSA) is 54.0 Å². The Morgan fingerprint density at radius 3 is 3.12 bits per heavy atom. The van der Waals surface area contributed by atoms with Gasteiger partial charge in [-0.1, -0.05) is 6.42 Å². The lowest BCUT2D eigenvalue weighted by Crippen LogP contribution is -2.43. The summed E-state index contributed by atoms with van der Waals surface area (Å²) in [4.78, 5) is 16.0. The van der Waals surface area contributed by atoms with Gasteiger partial charge in [0, 0.05) is 6.20 Å². The summed E-state index contributed by atoms with van der Waals surface area (Å²) in [6.07, 6.45) is 4.90. The Bertz CT molecular complexity index is 372. The number of piperidine rings is 1. The van der Waals surface area contributed by atoms with Gasteiger partial charge in [0.2, 0.25) is 5.91 Å². The quantitative estimate of drug-likeness (QED) is 0.792. The summed E-state index contributed by atoms with van der Waals surface area (Å²) < 4.78 is 0. The van der Waals surface area contributed by atoms with Gasteiger partial charge in [-0.05, 0) is 44.0 Å². The van der Waals surface area contributed by atoms with Crippen LogP contribution in [0.4, 0.5) is 5.82 Å². The van der Waals surface area contributed by atoms with E-state index in [4.69, 9.17) is 0 Å². The molecule has 0 spiro atoms. The Labute approximate surface area is 95.5 Å². The Hall–Kier alpha value is -1.42. The SMILES string of the molecule is Cc1ccnc(NC(=O)C2CCCCN2)c1. The highest BCUT2D eigenvalue weighted by Gasteiger charge is 2.20. The number of amides is 1. The molecule has 0 aromatic carbocycles. The van der Waals surface area contributed by atoms with Crippen LogP contribution in [0.1, 0.15) is 24.8 Å². The lowest BCUT2D eigenvalue weighted by Gasteiger charge is -2.22. The predicted octanol–water partition coefficient (Wildman–Crippen LogP) is 1.47. The maximum Gasteiger partial charge on any atom is 0.242 e. The standard InChI is InChI=1S/C12H17N3O/c1-9-5-7-14-11(8-9)15-12(16)10-4-2-3-6-13-10/h5,7-8,10,13H,2-4,6H2,1H3,(H,14,15,16). The van der Waals surface area contributed by atoms with Crippen LogP contribution in [0.25, 0.3) is 0 Å². The summed E-state index contributed by atoms with van der Waals surface area (Å²) in [5.41, 5.74) is 1.10. The van der Waals surface area contributed by atoms with Crippen molar-refractivity contribution in [2.75, 3.05) is 11.9 Å². The predicted molar refractivity (Wildman–Crippen MR) is 63.2 cm³/mol. The Morgan fingerprint density at radius 1 is 1.56 bits per heavy atom. The van der Waals surface area contributed by atoms with Crippen molar-refractivity contribution in [3.63, 3.8) is 0 Å². The third-order valence-corrected chi connectivity index (χ3v) is 2.79. The first kappa shape index (κ1) is 11.1. The Morgan fingerprint density at radius 2 is 2.44 bits per heavy atom. The van der Waals surface area contributed by atoms with Crippen LogP contribution in [0.5, 0.6) is 0 Å². The van der Waals surface area contributed by atoms with Crippen molar-refractivity contribution >= 4 is 11.7 Å². The largest absolute Gasteiger partial charge is 0.309 e. The first-order chi connectivity index (χ1) is 7.75. The van der Waals surface area contributed by atoms with Gasteiger partial charge in [0.05, 0.1) is 6.04 Å². The molecule has 4 nitrogen and oxygen atoms in total. The molecular formula is C12H17N3O. The number of rotatable bonds is 2. The second kappa shape index (κ2) is 5.07. The molecule has 0 bridgehead atoms. The Balaban J connectivity index is 1.96. The minimum absolute atomic E-state index is 0.0257. The molecular weight excluding hydrogens is 202 g/mol. The smallest absolute Gasteiger partial charge is 0.242 e. The lowest BCUT2D eigenvalue weighted by atomic mass is 10.0. The van der Waals surface area contributed by atoms with E-state index < -0.39 is 0 Å². The highest BCUT2D eigenvalue weighted by atomic mass is 16.2. The van der Waals surface area contributed by atoms with Crippen molar-refractivity contribution in [1.82, 2.24) is 10.3 Å². The molecule has 0 aliphatic carbocycles. The van der Waals surface area contributed by atoms with E-state index in [1.165, 1.54) is 0 Å². The highest BCUT2D eigenvalue weighted by molar-refractivity contribution is 5.94. The monoisotopic (exact) mass is 219 g/mol. The van der Waals surface area contributed by atoms with Crippen molar-refractivity contribution in [3.8, 4) is 0 Å². The minimum Gasteiger partial charge on any atom is -0.309 e. The molecule has 0 radical (unpaired) electrons. The third kappa shape index (κ3) is 2.79. The average molecular weight is 219 g/mol. The molecule has 86 valence electrons. The summed E-state index contributed by atoms with van der Waals surface area (Å²) >= 11 is 0. The second-order valence-electron chi connectivity index (χ2n) is 4.21. The van der Waals surface area contributed by atoms with E-state index in [0.29, 0.717) is 5.82 Å². The molecule has 4 heteroatoms. The zero-order valence-electron chi connectivity index (χ0n) is 9.49. The summed E-state index contributed by atoms with van der Waals surface area (Å²) in [6, 6.07) is 3.73. The number of carbonyl (C=O) groups excluding carboxylic acids is 1. The van der Waals surface area contributed by atoms with Crippen molar-refractivity contribution < 1.29 is 4.79 Å². The number of aromatic nitrogens is 1. The zero-order valence-corrected chi connectivity index (χ0v) is 9.49. The summed E-state index contributed by atoms with van der Waals surface area (Å²) in [5, 5.41) is 6.05. The molecule has 2 N–H and O–H groups in total. The molecule has 2 rings (SSSR count). The first-order valence-corrected chi connectivity index (χ1v) is 5.72. The van der Waals surface area contributed by atoms with Gasteiger partial charge in [-0.25, -0.2) is 4.98 Å². The van der Waals surface area contributed by atoms with Crippen LogP contribution in [-0.4, -0.2) is 23.5 Å². The van der Waals surface area contributed by atoms with Crippen LogP contribution in [0.15, 0.2) is 18.3 Å². The zero-order chi connectivity index (χ0) is 11.4. The fraction of sp³-hybridized carbons (Fsp3) is 0.500. The van der Waals surface area contributed by atoms with E-state index in [1.54, 1.807) is 6.20 Å². The summed E-state index contributed by atoms with van der Waals surface area (Å²) in [5.74, 6) is 0.662. The van der Waals surface area contributed by atoms with E-state index in [9.17, 15) is 4.79 Å². The maximum absolute atomic E-state index is 11.9. The Kier molecular flexibility index (Phi) is 3.51. The van der Waals surface area contributed by atoms with Gasteiger partial charge in [0.25, 0.3) is 0 Å². The highest BCUT2D eigenvalue weighted by Crippen LogP contribution is 2.10. The molecule has 1 amide bonds. The average Bonchev–Trinajstić information content (AvgIpc) is 2.30. The van der Waals surface area contributed by atoms with E-state index in [2.05, 4.69) is 15.6 Å². The van der Waals surface area contributed by atoms with Gasteiger partial charge in [0.15, 0.2) is 0 Å². The van der Waals surface area contributed by atoms with Crippen molar-refractivity contribution in [2.24, 2.45) is 0 Å². The fourth-order valence-electron chi connectivity index (χ4n) is 1.89. The van der Waals surface area contributed by atoms with E-state index in [1.807, 2.05) is 19.1 Å². The molecule has 1 aliphatic rings. The second-order valence-corrected chi connectivity index (χ2v) is 4.21. The number of hydrogen-bond acceptors (Lipinski definition) is 3. The van der Waals surface area contributed by atoms with E-state index in [0.717, 1.165) is 31.4 Å². The van der Waals surface area contributed by atoms with Gasteiger partial charge >= 0.3 is 0 Å². The molecule has 2 heterocycles. The van der Waals surface area contributed by atoms with Crippen LogP contribution < -0.4 is 10.6 Å². The number of pyridine rings is 1. The molecule has 1 fully saturated rings. The lowest BCUT2D eigenvalue weighted by molar-refractivity contribution is -0.118. The van der Waals surface area contributed by atoms with Crippen LogP contribution in [0, 0.1) is 6.92 Å². The molecule has 1 saturated heterocycles. The first-order valence-electron chi connectivity index (χ1n) is 5.72. The van der Waals surface area contributed by atoms with Gasteiger partial charge in [-0.3, -0.25) is 4.79 Å². The molecule has 1 aliphatic heterocycles. The van der Waals surface area contributed by atoms with Gasteiger partial charge in [0.1, 0.15) is 5.82 Å². The number of nitrogens with zero attached hydrogens (tertiary/aromatic N) is 1. The number of aryl methyl sites for hydroxylation is 1. The van der Waals surface area contributed by atoms with Crippen molar-refractivity contribution in [1.29, 1.82) is 0 Å². The molecule has 16 heavy (non-hydrogen) atoms. The number of anilines is 1. The summed E-state index contributed by atoms with van der Waals surface area (Å²) in [7, 11) is 0. The van der Waals surface area contributed by atoms with Crippen LogP contribution in [-0.2, 0) is 4.79 Å². The van der Waals surface area contributed by atoms with Gasteiger partial charge in [-0.2, -0.15) is 0 Å². The van der Waals surface area contributed by atoms with Crippen LogP contribution >= 0.6 is 0 Å². The van der Waals surface area contributed by atoms with Crippen LogP contribution in [0.3, 0.4) is 0 Å². The number of hydrogen-bond donors (Lipinski definition) is 2. The summed E-state index contributed by atoms with van der Waals surface area (Å²) in [6.45, 7) is 2.91. The van der Waals surface area contributed by atoms with Crippen LogP contribution in [0.2, 0.25) is 0 Å². The van der Waals surface area contributed by atoms with E-state index >= 15 is 0 Å². The normalized spacial score (nSPS) is 20.4. The van der Waals surface area contributed by atoms with E-state index in [-0.39, 0.29) is 11.9 Å². The van der Waals surface area contributed by atoms with Gasteiger partial charge < -0.3 is 10.6 Å².